The summed E-state index contributed by atoms with van der Waals surface area (Å²) in [6.07, 6.45) is 7.30. The van der Waals surface area contributed by atoms with Crippen molar-refractivity contribution >= 4 is 69.5 Å². The summed E-state index contributed by atoms with van der Waals surface area (Å²) < 4.78 is 4.97. The molecule has 0 aromatic heterocycles. The van der Waals surface area contributed by atoms with E-state index < -0.39 is 0 Å². The topological polar surface area (TPSA) is 32.8 Å². The van der Waals surface area contributed by atoms with E-state index in [0.29, 0.717) is 0 Å². The monoisotopic (exact) mass is 580 g/mol. The van der Waals surface area contributed by atoms with Gasteiger partial charge in [0.1, 0.15) is 0 Å². The van der Waals surface area contributed by atoms with Crippen molar-refractivity contribution in [1.29, 1.82) is 0 Å². The molecule has 0 amide bonds. The second-order valence-corrected chi connectivity index (χ2v) is 12.2. The number of hydrogen-bond donors (Lipinski definition) is 0. The number of esters is 1. The lowest BCUT2D eigenvalue weighted by molar-refractivity contribution is -0.146. The quantitative estimate of drug-likeness (QED) is 0.267. The molecule has 2 aliphatic rings. The number of halogens is 2. The minimum atomic E-state index is -0.125. The molecule has 2 fully saturated rings. The van der Waals surface area contributed by atoms with Crippen LogP contribution in [0.2, 0.25) is 10.0 Å². The molecule has 202 valence electrons. The van der Waals surface area contributed by atoms with Gasteiger partial charge in [-0.2, -0.15) is 0 Å². The number of ether oxygens (including phenoxy) is 1. The van der Waals surface area contributed by atoms with Gasteiger partial charge in [0.25, 0.3) is 0 Å². The number of benzene rings is 2. The van der Waals surface area contributed by atoms with E-state index in [-0.39, 0.29) is 17.3 Å². The first-order valence-electron chi connectivity index (χ1n) is 12.8. The molecule has 0 N–H and O–H groups in total. The fraction of sp³-hybridized carbons (Fsp3) is 0.517. The van der Waals surface area contributed by atoms with E-state index in [0.717, 1.165) is 69.9 Å². The van der Waals surface area contributed by atoms with Crippen molar-refractivity contribution in [3.8, 4) is 0 Å². The summed E-state index contributed by atoms with van der Waals surface area (Å²) in [5, 5.41) is 1.66. The minimum absolute atomic E-state index is 0.0742. The SMILES string of the molecule is COC(=O)C1CCCN(c2c(C)cc(C)cc2Cl)C1SC.Cc1cc(C)c(N2CCCCC2=S)c(Cl)c1. The second kappa shape index (κ2) is 13.5. The average Bonchev–Trinajstić information content (AvgIpc) is 2.83. The van der Waals surface area contributed by atoms with Gasteiger partial charge in [-0.05, 0) is 100 Å². The molecule has 2 aliphatic heterocycles. The van der Waals surface area contributed by atoms with Crippen LogP contribution in [0.4, 0.5) is 11.4 Å². The Bertz CT molecular complexity index is 1090. The Labute approximate surface area is 242 Å². The van der Waals surface area contributed by atoms with Crippen LogP contribution < -0.4 is 9.80 Å². The molecule has 8 heteroatoms. The van der Waals surface area contributed by atoms with Crippen molar-refractivity contribution in [1.82, 2.24) is 0 Å². The number of thioether (sulfide) groups is 1. The molecular formula is C29H38Cl2N2O2S2. The van der Waals surface area contributed by atoms with Gasteiger partial charge in [-0.25, -0.2) is 0 Å². The van der Waals surface area contributed by atoms with Gasteiger partial charge in [0.2, 0.25) is 0 Å². The lowest BCUT2D eigenvalue weighted by atomic mass is 9.96. The summed E-state index contributed by atoms with van der Waals surface area (Å²) in [6, 6.07) is 8.31. The van der Waals surface area contributed by atoms with Gasteiger partial charge in [-0.15, -0.1) is 11.8 Å². The van der Waals surface area contributed by atoms with Crippen LogP contribution in [0, 0.1) is 33.6 Å². The van der Waals surface area contributed by atoms with Crippen LogP contribution in [0.25, 0.3) is 0 Å². The van der Waals surface area contributed by atoms with Crippen molar-refractivity contribution in [3.63, 3.8) is 0 Å². The van der Waals surface area contributed by atoms with Gasteiger partial charge in [0.15, 0.2) is 0 Å². The number of nitrogens with zero attached hydrogens (tertiary/aromatic N) is 2. The summed E-state index contributed by atoms with van der Waals surface area (Å²) >= 11 is 19.9. The maximum atomic E-state index is 12.0. The van der Waals surface area contributed by atoms with Gasteiger partial charge in [-0.3, -0.25) is 4.79 Å². The van der Waals surface area contributed by atoms with Crippen molar-refractivity contribution in [2.45, 2.75) is 65.2 Å². The summed E-state index contributed by atoms with van der Waals surface area (Å²) in [5.74, 6) is -0.226. The highest BCUT2D eigenvalue weighted by Gasteiger charge is 2.37. The highest BCUT2D eigenvalue weighted by atomic mass is 35.5. The molecule has 2 aromatic carbocycles. The zero-order valence-electron chi connectivity index (χ0n) is 22.7. The van der Waals surface area contributed by atoms with E-state index in [2.05, 4.69) is 42.7 Å². The fourth-order valence-electron chi connectivity index (χ4n) is 5.45. The molecule has 2 heterocycles. The molecule has 2 saturated heterocycles. The number of aryl methyl sites for hydroxylation is 4. The molecule has 4 nitrogen and oxygen atoms in total. The third-order valence-electron chi connectivity index (χ3n) is 6.99. The Kier molecular flexibility index (Phi) is 11.0. The van der Waals surface area contributed by atoms with Gasteiger partial charge in [0, 0.05) is 13.1 Å². The van der Waals surface area contributed by atoms with Gasteiger partial charge in [0.05, 0.1) is 44.8 Å². The first-order valence-corrected chi connectivity index (χ1v) is 15.2. The summed E-state index contributed by atoms with van der Waals surface area (Å²) in [6.45, 7) is 10.2. The smallest absolute Gasteiger partial charge is 0.311 e. The molecule has 2 aromatic rings. The largest absolute Gasteiger partial charge is 0.469 e. The average molecular weight is 582 g/mol. The van der Waals surface area contributed by atoms with Gasteiger partial charge >= 0.3 is 5.97 Å². The number of piperidine rings is 2. The Morgan fingerprint density at radius 2 is 1.54 bits per heavy atom. The van der Waals surface area contributed by atoms with Crippen LogP contribution >= 0.6 is 47.2 Å². The second-order valence-electron chi connectivity index (χ2n) is 9.92. The van der Waals surface area contributed by atoms with Crippen LogP contribution in [0.5, 0.6) is 0 Å². The van der Waals surface area contributed by atoms with Crippen molar-refractivity contribution < 1.29 is 9.53 Å². The molecule has 0 saturated carbocycles. The van der Waals surface area contributed by atoms with Crippen LogP contribution in [-0.4, -0.2) is 42.8 Å². The van der Waals surface area contributed by atoms with Crippen LogP contribution in [-0.2, 0) is 9.53 Å². The van der Waals surface area contributed by atoms with E-state index in [1.54, 1.807) is 11.8 Å². The normalized spacial score (nSPS) is 19.8. The predicted molar refractivity (Wildman–Crippen MR) is 165 cm³/mol. The van der Waals surface area contributed by atoms with Crippen LogP contribution in [0.3, 0.4) is 0 Å². The van der Waals surface area contributed by atoms with E-state index in [1.807, 2.05) is 25.3 Å². The number of rotatable bonds is 4. The number of methoxy groups -OCH3 is 1. The maximum Gasteiger partial charge on any atom is 0.311 e. The third-order valence-corrected chi connectivity index (χ3v) is 9.05. The number of anilines is 2. The highest BCUT2D eigenvalue weighted by Crippen LogP contribution is 2.40. The van der Waals surface area contributed by atoms with Gasteiger partial charge < -0.3 is 14.5 Å². The Morgan fingerprint density at radius 3 is 2.05 bits per heavy atom. The first kappa shape index (κ1) is 30.1. The third kappa shape index (κ3) is 7.14. The zero-order valence-corrected chi connectivity index (χ0v) is 25.8. The predicted octanol–water partition coefficient (Wildman–Crippen LogP) is 8.31. The maximum absolute atomic E-state index is 12.0. The fourth-order valence-corrected chi connectivity index (χ4v) is 7.67. The molecule has 0 bridgehead atoms. The number of carbonyl (C=O) groups is 1. The Hall–Kier alpha value is -1.47. The summed E-state index contributed by atoms with van der Waals surface area (Å²) in [4.78, 5) is 17.5. The van der Waals surface area contributed by atoms with Crippen molar-refractivity contribution in [2.24, 2.45) is 5.92 Å². The van der Waals surface area contributed by atoms with Crippen LogP contribution in [0.15, 0.2) is 24.3 Å². The molecule has 2 unspecified atom stereocenters. The Morgan fingerprint density at radius 1 is 0.946 bits per heavy atom. The van der Waals surface area contributed by atoms with Crippen molar-refractivity contribution in [3.05, 3.63) is 56.6 Å². The van der Waals surface area contributed by atoms with Crippen molar-refractivity contribution in [2.75, 3.05) is 36.3 Å². The highest BCUT2D eigenvalue weighted by molar-refractivity contribution is 7.99. The Balaban J connectivity index is 0.000000213. The lowest BCUT2D eigenvalue weighted by Crippen LogP contribution is -2.47. The molecule has 0 aliphatic carbocycles. The van der Waals surface area contributed by atoms with E-state index in [4.69, 9.17) is 40.2 Å². The van der Waals surface area contributed by atoms with E-state index in [9.17, 15) is 4.79 Å². The number of carbonyl (C=O) groups excluding carboxylic acids is 1. The molecule has 0 radical (unpaired) electrons. The molecule has 4 rings (SSSR count). The first-order chi connectivity index (χ1) is 17.6. The van der Waals surface area contributed by atoms with Crippen LogP contribution in [0.1, 0.15) is 54.4 Å². The van der Waals surface area contributed by atoms with E-state index in [1.165, 1.54) is 31.1 Å². The minimum Gasteiger partial charge on any atom is -0.469 e. The summed E-state index contributed by atoms with van der Waals surface area (Å²) in [5.41, 5.74) is 6.89. The summed E-state index contributed by atoms with van der Waals surface area (Å²) in [7, 11) is 1.46. The van der Waals surface area contributed by atoms with E-state index >= 15 is 0 Å². The zero-order chi connectivity index (χ0) is 27.3. The standard InChI is InChI=1S/C16H22ClNO2S.C13H16ClNS/c1-10-8-11(2)14(13(17)9-10)18-7-5-6-12(15(18)21-4)16(19)20-3;1-9-7-10(2)13(11(14)8-9)15-6-4-3-5-12(15)16/h8-9,12,15H,5-7H2,1-4H3;7-8H,3-6H2,1-2H3. The molecule has 2 atom stereocenters. The molecule has 0 spiro atoms. The molecule has 37 heavy (non-hydrogen) atoms. The van der Waals surface area contributed by atoms with Gasteiger partial charge in [-0.1, -0.05) is 47.6 Å². The molecular weight excluding hydrogens is 543 g/mol. The lowest BCUT2D eigenvalue weighted by Gasteiger charge is -2.41. The number of thiocarbonyl (C=S) groups is 1. The number of hydrogen-bond acceptors (Lipinski definition) is 5.